The molecule has 0 saturated carbocycles. The van der Waals surface area contributed by atoms with Crippen LogP contribution in [0.4, 0.5) is 5.69 Å². The number of aryl methyl sites for hydroxylation is 1. The van der Waals surface area contributed by atoms with E-state index in [1.807, 2.05) is 24.3 Å². The lowest BCUT2D eigenvalue weighted by Gasteiger charge is -2.10. The van der Waals surface area contributed by atoms with E-state index in [1.165, 1.54) is 5.56 Å². The van der Waals surface area contributed by atoms with Crippen molar-refractivity contribution in [2.24, 2.45) is 0 Å². The molecule has 0 aliphatic rings. The number of benzene rings is 2. The summed E-state index contributed by atoms with van der Waals surface area (Å²) in [6.07, 6.45) is 2.10. The molecule has 3 heteroatoms. The number of nitrogens with one attached hydrogen (secondary N) is 1. The fraction of sp³-hybridized carbons (Fsp3) is 0.200. The first-order valence-electron chi connectivity index (χ1n) is 5.99. The third kappa shape index (κ3) is 3.66. The minimum Gasteiger partial charge on any atom is -0.383 e. The number of para-hydroxylation sites is 1. The van der Waals surface area contributed by atoms with E-state index in [1.54, 1.807) is 0 Å². The van der Waals surface area contributed by atoms with Crippen molar-refractivity contribution in [2.45, 2.75) is 12.8 Å². The molecule has 1 N–H and O–H groups in total. The highest BCUT2D eigenvalue weighted by Crippen LogP contribution is 2.29. The quantitative estimate of drug-likeness (QED) is 0.757. The Morgan fingerprint density at radius 2 is 1.50 bits per heavy atom. The average molecular weight is 280 g/mol. The predicted molar refractivity (Wildman–Crippen MR) is 79.7 cm³/mol. The summed E-state index contributed by atoms with van der Waals surface area (Å²) in [6, 6.07) is 16.0. The first-order chi connectivity index (χ1) is 8.77. The Morgan fingerprint density at radius 3 is 2.17 bits per heavy atom. The topological polar surface area (TPSA) is 12.0 Å². The van der Waals surface area contributed by atoms with Gasteiger partial charge in [0.25, 0.3) is 0 Å². The predicted octanol–water partition coefficient (Wildman–Crippen LogP) is 5.04. The van der Waals surface area contributed by atoms with Crippen molar-refractivity contribution in [2.75, 3.05) is 11.9 Å². The second-order valence-corrected chi connectivity index (χ2v) is 4.93. The molecule has 0 aliphatic heterocycles. The maximum atomic E-state index is 6.08. The summed E-state index contributed by atoms with van der Waals surface area (Å²) in [5, 5.41) is 4.63. The van der Waals surface area contributed by atoms with Gasteiger partial charge in [-0.05, 0) is 30.5 Å². The van der Waals surface area contributed by atoms with Crippen LogP contribution in [-0.4, -0.2) is 6.54 Å². The molecule has 18 heavy (non-hydrogen) atoms. The molecule has 0 unspecified atom stereocenters. The highest BCUT2D eigenvalue weighted by Gasteiger charge is 2.03. The molecule has 94 valence electrons. The van der Waals surface area contributed by atoms with Crippen LogP contribution < -0.4 is 5.32 Å². The van der Waals surface area contributed by atoms with Crippen molar-refractivity contribution in [3.63, 3.8) is 0 Å². The average Bonchev–Trinajstić information content (AvgIpc) is 2.38. The van der Waals surface area contributed by atoms with Crippen LogP contribution in [0.5, 0.6) is 0 Å². The highest BCUT2D eigenvalue weighted by atomic mass is 35.5. The van der Waals surface area contributed by atoms with Crippen molar-refractivity contribution in [3.8, 4) is 0 Å². The summed E-state index contributed by atoms with van der Waals surface area (Å²) in [6.45, 7) is 0.859. The number of halogens is 2. The van der Waals surface area contributed by atoms with Gasteiger partial charge in [0, 0.05) is 6.54 Å². The highest BCUT2D eigenvalue weighted by molar-refractivity contribution is 6.39. The van der Waals surface area contributed by atoms with Gasteiger partial charge in [-0.25, -0.2) is 0 Å². The van der Waals surface area contributed by atoms with Crippen molar-refractivity contribution in [3.05, 3.63) is 64.1 Å². The zero-order chi connectivity index (χ0) is 12.8. The van der Waals surface area contributed by atoms with Gasteiger partial charge >= 0.3 is 0 Å². The van der Waals surface area contributed by atoms with E-state index < -0.39 is 0 Å². The van der Waals surface area contributed by atoms with Crippen LogP contribution in [0.2, 0.25) is 10.0 Å². The second-order valence-electron chi connectivity index (χ2n) is 4.11. The third-order valence-corrected chi connectivity index (χ3v) is 3.38. The van der Waals surface area contributed by atoms with Crippen LogP contribution in [0.1, 0.15) is 12.0 Å². The fourth-order valence-corrected chi connectivity index (χ4v) is 2.35. The summed E-state index contributed by atoms with van der Waals surface area (Å²) in [5.41, 5.74) is 2.18. The largest absolute Gasteiger partial charge is 0.383 e. The molecule has 0 aromatic heterocycles. The van der Waals surface area contributed by atoms with Gasteiger partial charge in [0.05, 0.1) is 15.7 Å². The first-order valence-corrected chi connectivity index (χ1v) is 6.75. The van der Waals surface area contributed by atoms with Crippen LogP contribution in [0.3, 0.4) is 0 Å². The number of rotatable bonds is 5. The van der Waals surface area contributed by atoms with Crippen LogP contribution in [0.15, 0.2) is 48.5 Å². The third-order valence-electron chi connectivity index (χ3n) is 2.75. The van der Waals surface area contributed by atoms with Crippen LogP contribution in [0.25, 0.3) is 0 Å². The zero-order valence-corrected chi connectivity index (χ0v) is 11.5. The SMILES string of the molecule is Clc1cccc(Cl)c1NCCCc1ccccc1. The molecule has 0 heterocycles. The monoisotopic (exact) mass is 279 g/mol. The molecule has 0 bridgehead atoms. The molecule has 0 radical (unpaired) electrons. The first kappa shape index (κ1) is 13.3. The van der Waals surface area contributed by atoms with E-state index in [-0.39, 0.29) is 0 Å². The van der Waals surface area contributed by atoms with E-state index in [0.717, 1.165) is 25.1 Å². The van der Waals surface area contributed by atoms with E-state index in [2.05, 4.69) is 29.6 Å². The van der Waals surface area contributed by atoms with E-state index >= 15 is 0 Å². The van der Waals surface area contributed by atoms with E-state index in [0.29, 0.717) is 10.0 Å². The summed E-state index contributed by atoms with van der Waals surface area (Å²) in [7, 11) is 0. The number of anilines is 1. The molecule has 1 nitrogen and oxygen atoms in total. The summed E-state index contributed by atoms with van der Waals surface area (Å²) in [4.78, 5) is 0. The van der Waals surface area contributed by atoms with Gasteiger partial charge in [-0.2, -0.15) is 0 Å². The Labute approximate surface area is 118 Å². The Balaban J connectivity index is 1.82. The normalized spacial score (nSPS) is 10.3. The van der Waals surface area contributed by atoms with Gasteiger partial charge in [-0.15, -0.1) is 0 Å². The maximum Gasteiger partial charge on any atom is 0.0718 e. The van der Waals surface area contributed by atoms with Gasteiger partial charge < -0.3 is 5.32 Å². The Hall–Kier alpha value is -1.18. The van der Waals surface area contributed by atoms with Crippen molar-refractivity contribution >= 4 is 28.9 Å². The van der Waals surface area contributed by atoms with Crippen molar-refractivity contribution in [1.82, 2.24) is 0 Å². The van der Waals surface area contributed by atoms with Gasteiger partial charge in [-0.1, -0.05) is 59.6 Å². The summed E-state index contributed by atoms with van der Waals surface area (Å²) in [5.74, 6) is 0. The molecular weight excluding hydrogens is 265 g/mol. The number of hydrogen-bond donors (Lipinski definition) is 1. The zero-order valence-electron chi connectivity index (χ0n) is 10.00. The molecular formula is C15H15Cl2N. The molecule has 0 amide bonds. The standard InChI is InChI=1S/C15H15Cl2N/c16-13-9-4-10-14(17)15(13)18-11-5-8-12-6-2-1-3-7-12/h1-4,6-7,9-10,18H,5,8,11H2. The lowest BCUT2D eigenvalue weighted by molar-refractivity contribution is 0.863. The Kier molecular flexibility index (Phi) is 4.91. The van der Waals surface area contributed by atoms with Gasteiger partial charge in [0.1, 0.15) is 0 Å². The second kappa shape index (κ2) is 6.67. The molecule has 0 spiro atoms. The van der Waals surface area contributed by atoms with E-state index in [4.69, 9.17) is 23.2 Å². The van der Waals surface area contributed by atoms with Gasteiger partial charge in [0.2, 0.25) is 0 Å². The minimum atomic E-state index is 0.669. The van der Waals surface area contributed by atoms with Gasteiger partial charge in [0.15, 0.2) is 0 Å². The Bertz CT molecular complexity index is 477. The minimum absolute atomic E-state index is 0.669. The van der Waals surface area contributed by atoms with Crippen LogP contribution in [0, 0.1) is 0 Å². The Morgan fingerprint density at radius 1 is 0.833 bits per heavy atom. The summed E-state index contributed by atoms with van der Waals surface area (Å²) >= 11 is 12.2. The van der Waals surface area contributed by atoms with E-state index in [9.17, 15) is 0 Å². The van der Waals surface area contributed by atoms with Gasteiger partial charge in [-0.3, -0.25) is 0 Å². The molecule has 0 fully saturated rings. The molecule has 2 aromatic rings. The van der Waals surface area contributed by atoms with Crippen molar-refractivity contribution < 1.29 is 0 Å². The smallest absolute Gasteiger partial charge is 0.0718 e. The fourth-order valence-electron chi connectivity index (χ4n) is 1.82. The van der Waals surface area contributed by atoms with Crippen LogP contribution in [-0.2, 0) is 6.42 Å². The molecule has 0 saturated heterocycles. The maximum absolute atomic E-state index is 6.08. The lowest BCUT2D eigenvalue weighted by Crippen LogP contribution is -2.04. The van der Waals surface area contributed by atoms with Crippen molar-refractivity contribution in [1.29, 1.82) is 0 Å². The molecule has 2 rings (SSSR count). The van der Waals surface area contributed by atoms with Crippen LogP contribution >= 0.6 is 23.2 Å². The molecule has 2 aromatic carbocycles. The lowest BCUT2D eigenvalue weighted by atomic mass is 10.1. The molecule has 0 atom stereocenters. The molecule has 0 aliphatic carbocycles. The summed E-state index contributed by atoms with van der Waals surface area (Å²) < 4.78 is 0. The number of hydrogen-bond acceptors (Lipinski definition) is 1.